The predicted molar refractivity (Wildman–Crippen MR) is 125 cm³/mol. The van der Waals surface area contributed by atoms with E-state index in [4.69, 9.17) is 32.4 Å². The van der Waals surface area contributed by atoms with Gasteiger partial charge in [-0.2, -0.15) is 0 Å². The Morgan fingerprint density at radius 3 is 1.88 bits per heavy atom. The van der Waals surface area contributed by atoms with Crippen molar-refractivity contribution in [1.29, 1.82) is 0 Å². The first-order valence-electron chi connectivity index (χ1n) is 9.95. The summed E-state index contributed by atoms with van der Waals surface area (Å²) in [5.74, 6) is -0.469. The lowest BCUT2D eigenvalue weighted by Gasteiger charge is -2.07. The molecule has 0 fully saturated rings. The molecule has 0 saturated heterocycles. The molecule has 0 amide bonds. The number of carbonyl (C=O) groups is 2. The molecule has 4 nitrogen and oxygen atoms in total. The Balaban J connectivity index is 2.02. The lowest BCUT2D eigenvalue weighted by atomic mass is 9.95. The zero-order valence-corrected chi connectivity index (χ0v) is 18.6. The number of benzene rings is 3. The van der Waals surface area contributed by atoms with E-state index in [1.807, 2.05) is 30.3 Å². The normalized spacial score (nSPS) is 10.7. The van der Waals surface area contributed by atoms with Gasteiger partial charge >= 0.3 is 5.97 Å². The third-order valence-corrected chi connectivity index (χ3v) is 5.37. The molecule has 0 bridgehead atoms. The van der Waals surface area contributed by atoms with Gasteiger partial charge in [0.1, 0.15) is 17.1 Å². The fourth-order valence-electron chi connectivity index (χ4n) is 3.39. The molecule has 6 heteroatoms. The smallest absolute Gasteiger partial charge is 0.342 e. The standard InChI is InChI=1S/C26H18Cl2O4/c1-2-31-26(30)22-21(23(29)16-8-12-19(27)13-9-16)24(18-10-14-20(28)15-11-18)32-25(22)17-6-4-3-5-7-17/h3-15H,2H2,1H3. The quantitative estimate of drug-likeness (QED) is 0.221. The van der Waals surface area contributed by atoms with Gasteiger partial charge in [-0.15, -0.1) is 0 Å². The molecule has 0 spiro atoms. The Hall–Kier alpha value is -3.34. The van der Waals surface area contributed by atoms with Crippen molar-refractivity contribution in [2.24, 2.45) is 0 Å². The van der Waals surface area contributed by atoms with E-state index < -0.39 is 5.97 Å². The number of ketones is 1. The monoisotopic (exact) mass is 464 g/mol. The number of halogens is 2. The molecule has 0 atom stereocenters. The maximum absolute atomic E-state index is 13.7. The highest BCUT2D eigenvalue weighted by Gasteiger charge is 2.32. The van der Waals surface area contributed by atoms with Crippen LogP contribution < -0.4 is 0 Å². The molecular weight excluding hydrogens is 447 g/mol. The minimum atomic E-state index is -0.632. The van der Waals surface area contributed by atoms with Gasteiger partial charge in [-0.3, -0.25) is 4.79 Å². The van der Waals surface area contributed by atoms with Gasteiger partial charge in [0.05, 0.1) is 12.2 Å². The van der Waals surface area contributed by atoms with Crippen LogP contribution in [0.15, 0.2) is 83.3 Å². The molecule has 0 radical (unpaired) electrons. The van der Waals surface area contributed by atoms with Crippen LogP contribution in [0.3, 0.4) is 0 Å². The first-order chi connectivity index (χ1) is 15.5. The van der Waals surface area contributed by atoms with Crippen LogP contribution in [0.2, 0.25) is 10.0 Å². The second-order valence-corrected chi connectivity index (χ2v) is 7.81. The van der Waals surface area contributed by atoms with E-state index in [0.29, 0.717) is 26.7 Å². The van der Waals surface area contributed by atoms with E-state index in [1.54, 1.807) is 55.5 Å². The van der Waals surface area contributed by atoms with Gasteiger partial charge in [0, 0.05) is 26.7 Å². The fourth-order valence-corrected chi connectivity index (χ4v) is 3.64. The molecule has 0 aliphatic carbocycles. The molecule has 3 aromatic carbocycles. The second-order valence-electron chi connectivity index (χ2n) is 6.94. The van der Waals surface area contributed by atoms with Crippen molar-refractivity contribution in [3.8, 4) is 22.6 Å². The highest BCUT2D eigenvalue weighted by atomic mass is 35.5. The van der Waals surface area contributed by atoms with E-state index in [0.717, 1.165) is 0 Å². The van der Waals surface area contributed by atoms with Crippen LogP contribution in [0, 0.1) is 0 Å². The summed E-state index contributed by atoms with van der Waals surface area (Å²) in [7, 11) is 0. The summed E-state index contributed by atoms with van der Waals surface area (Å²) in [5.41, 5.74) is 1.85. The Kier molecular flexibility index (Phi) is 6.45. The maximum Gasteiger partial charge on any atom is 0.342 e. The average Bonchev–Trinajstić information content (AvgIpc) is 3.21. The lowest BCUT2D eigenvalue weighted by Crippen LogP contribution is -2.12. The van der Waals surface area contributed by atoms with Gasteiger partial charge in [0.25, 0.3) is 0 Å². The molecule has 0 aliphatic heterocycles. The number of rotatable bonds is 6. The van der Waals surface area contributed by atoms with Crippen molar-refractivity contribution in [2.45, 2.75) is 6.92 Å². The summed E-state index contributed by atoms with van der Waals surface area (Å²) < 4.78 is 11.5. The molecular formula is C26H18Cl2O4. The van der Waals surface area contributed by atoms with Crippen molar-refractivity contribution < 1.29 is 18.7 Å². The molecule has 1 heterocycles. The van der Waals surface area contributed by atoms with Crippen molar-refractivity contribution >= 4 is 35.0 Å². The highest BCUT2D eigenvalue weighted by Crippen LogP contribution is 2.39. The number of carbonyl (C=O) groups excluding carboxylic acids is 2. The summed E-state index contributed by atoms with van der Waals surface area (Å²) in [5, 5.41) is 1.04. The van der Waals surface area contributed by atoms with Crippen molar-refractivity contribution in [3.63, 3.8) is 0 Å². The van der Waals surface area contributed by atoms with Crippen LogP contribution in [-0.2, 0) is 4.74 Å². The van der Waals surface area contributed by atoms with E-state index in [-0.39, 0.29) is 35.0 Å². The number of esters is 1. The van der Waals surface area contributed by atoms with Crippen molar-refractivity contribution in [2.75, 3.05) is 6.61 Å². The van der Waals surface area contributed by atoms with Gasteiger partial charge in [0.2, 0.25) is 0 Å². The molecule has 0 N–H and O–H groups in total. The third kappa shape index (κ3) is 4.33. The zero-order valence-electron chi connectivity index (χ0n) is 17.1. The number of ether oxygens (including phenoxy) is 1. The zero-order chi connectivity index (χ0) is 22.7. The van der Waals surface area contributed by atoms with Gasteiger partial charge in [0.15, 0.2) is 5.78 Å². The molecule has 4 aromatic rings. The topological polar surface area (TPSA) is 56.5 Å². The number of hydrogen-bond donors (Lipinski definition) is 0. The largest absolute Gasteiger partial charge is 0.462 e. The minimum absolute atomic E-state index is 0.0861. The van der Waals surface area contributed by atoms with Crippen LogP contribution in [0.4, 0.5) is 0 Å². The number of furan rings is 1. The summed E-state index contributed by atoms with van der Waals surface area (Å²) in [6, 6.07) is 22.5. The van der Waals surface area contributed by atoms with Crippen LogP contribution in [0.1, 0.15) is 33.2 Å². The van der Waals surface area contributed by atoms with Gasteiger partial charge < -0.3 is 9.15 Å². The van der Waals surface area contributed by atoms with Crippen LogP contribution >= 0.6 is 23.2 Å². The molecule has 4 rings (SSSR count). The summed E-state index contributed by atoms with van der Waals surface area (Å²) >= 11 is 12.0. The Bertz CT molecular complexity index is 1260. The van der Waals surface area contributed by atoms with Crippen LogP contribution in [0.5, 0.6) is 0 Å². The SMILES string of the molecule is CCOC(=O)c1c(-c2ccccc2)oc(-c2ccc(Cl)cc2)c1C(=O)c1ccc(Cl)cc1. The molecule has 1 aromatic heterocycles. The first-order valence-corrected chi connectivity index (χ1v) is 10.7. The maximum atomic E-state index is 13.7. The van der Waals surface area contributed by atoms with Gasteiger partial charge in [-0.05, 0) is 55.5 Å². The minimum Gasteiger partial charge on any atom is -0.462 e. The third-order valence-electron chi connectivity index (χ3n) is 4.86. The van der Waals surface area contributed by atoms with E-state index in [2.05, 4.69) is 0 Å². The van der Waals surface area contributed by atoms with E-state index >= 15 is 0 Å². The molecule has 32 heavy (non-hydrogen) atoms. The van der Waals surface area contributed by atoms with Crippen LogP contribution in [0.25, 0.3) is 22.6 Å². The molecule has 160 valence electrons. The van der Waals surface area contributed by atoms with Gasteiger partial charge in [-0.1, -0.05) is 53.5 Å². The summed E-state index contributed by atoms with van der Waals surface area (Å²) in [6.45, 7) is 1.87. The molecule has 0 saturated carbocycles. The van der Waals surface area contributed by atoms with Gasteiger partial charge in [-0.25, -0.2) is 4.79 Å². The summed E-state index contributed by atoms with van der Waals surface area (Å²) in [4.78, 5) is 26.7. The van der Waals surface area contributed by atoms with Crippen molar-refractivity contribution in [3.05, 3.63) is 106 Å². The van der Waals surface area contributed by atoms with E-state index in [1.165, 1.54) is 0 Å². The average molecular weight is 465 g/mol. The first kappa shape index (κ1) is 21.9. The van der Waals surface area contributed by atoms with Crippen molar-refractivity contribution in [1.82, 2.24) is 0 Å². The van der Waals surface area contributed by atoms with E-state index in [9.17, 15) is 9.59 Å². The lowest BCUT2D eigenvalue weighted by molar-refractivity contribution is 0.0524. The number of hydrogen-bond acceptors (Lipinski definition) is 4. The van der Waals surface area contributed by atoms with Crippen LogP contribution in [-0.4, -0.2) is 18.4 Å². The second kappa shape index (κ2) is 9.43. The molecule has 0 unspecified atom stereocenters. The highest BCUT2D eigenvalue weighted by molar-refractivity contribution is 6.31. The Morgan fingerprint density at radius 2 is 1.28 bits per heavy atom. The Morgan fingerprint density at radius 1 is 0.750 bits per heavy atom. The Labute approximate surface area is 195 Å². The molecule has 0 aliphatic rings. The predicted octanol–water partition coefficient (Wildman–Crippen LogP) is 7.33. The fraction of sp³-hybridized carbons (Fsp3) is 0.0769. The summed E-state index contributed by atoms with van der Waals surface area (Å²) in [6.07, 6.45) is 0.